The van der Waals surface area contributed by atoms with Crippen LogP contribution in [-0.2, 0) is 9.59 Å². The van der Waals surface area contributed by atoms with Gasteiger partial charge in [-0.1, -0.05) is 56.3 Å². The summed E-state index contributed by atoms with van der Waals surface area (Å²) in [5.74, 6) is 0.469. The number of piperazine rings is 1. The van der Waals surface area contributed by atoms with Gasteiger partial charge in [0.15, 0.2) is 0 Å². The molecule has 2 aromatic carbocycles. The van der Waals surface area contributed by atoms with Crippen molar-refractivity contribution < 1.29 is 14.0 Å². The molecule has 0 spiro atoms. The predicted molar refractivity (Wildman–Crippen MR) is 139 cm³/mol. The fourth-order valence-electron chi connectivity index (χ4n) is 3.73. The van der Waals surface area contributed by atoms with Crippen molar-refractivity contribution >= 4 is 46.6 Å². The van der Waals surface area contributed by atoms with E-state index in [1.54, 1.807) is 12.1 Å². The topological polar surface area (TPSA) is 91.6 Å². The lowest BCUT2D eigenvalue weighted by Gasteiger charge is -2.38. The van der Waals surface area contributed by atoms with Crippen LogP contribution in [0.3, 0.4) is 0 Å². The standard InChI is InChI=1S/C25H28ClN5O3S/c1-25(2,3)23(33)31-14-12-30(13-15-31)18-10-8-17(9-11-18)27-21(32)16-35-24-29-28-22(34-24)19-6-4-5-7-20(19)26/h4-11H,12-16H2,1-3H3,(H,27,32). The van der Waals surface area contributed by atoms with Crippen LogP contribution in [0.5, 0.6) is 0 Å². The van der Waals surface area contributed by atoms with Gasteiger partial charge in [-0.05, 0) is 36.4 Å². The van der Waals surface area contributed by atoms with Crippen LogP contribution >= 0.6 is 23.4 Å². The van der Waals surface area contributed by atoms with Gasteiger partial charge in [0.05, 0.1) is 16.3 Å². The maximum Gasteiger partial charge on any atom is 0.277 e. The first kappa shape index (κ1) is 25.1. The molecule has 1 saturated heterocycles. The van der Waals surface area contributed by atoms with Gasteiger partial charge in [-0.15, -0.1) is 10.2 Å². The number of rotatable bonds is 6. The molecule has 2 heterocycles. The molecule has 3 aromatic rings. The van der Waals surface area contributed by atoms with Crippen molar-refractivity contribution in [1.29, 1.82) is 0 Å². The molecule has 35 heavy (non-hydrogen) atoms. The minimum absolute atomic E-state index is 0.135. The molecule has 0 unspecified atom stereocenters. The first-order chi connectivity index (χ1) is 16.7. The summed E-state index contributed by atoms with van der Waals surface area (Å²) in [5.41, 5.74) is 2.07. The zero-order valence-electron chi connectivity index (χ0n) is 20.0. The largest absolute Gasteiger partial charge is 0.411 e. The number of nitrogens with zero attached hydrogens (tertiary/aromatic N) is 4. The summed E-state index contributed by atoms with van der Waals surface area (Å²) in [5, 5.41) is 11.7. The molecule has 1 aliphatic rings. The Bertz CT molecular complexity index is 1180. The van der Waals surface area contributed by atoms with Crippen molar-refractivity contribution in [1.82, 2.24) is 15.1 Å². The number of amides is 2. The van der Waals surface area contributed by atoms with Gasteiger partial charge in [0.2, 0.25) is 17.7 Å². The normalized spacial score (nSPS) is 14.2. The van der Waals surface area contributed by atoms with E-state index < -0.39 is 0 Å². The van der Waals surface area contributed by atoms with Crippen LogP contribution in [0.4, 0.5) is 11.4 Å². The Morgan fingerprint density at radius 2 is 1.71 bits per heavy atom. The summed E-state index contributed by atoms with van der Waals surface area (Å²) in [6.45, 7) is 8.84. The predicted octanol–water partition coefficient (Wildman–Crippen LogP) is 4.82. The third-order valence-electron chi connectivity index (χ3n) is 5.56. The highest BCUT2D eigenvalue weighted by Crippen LogP contribution is 2.29. The second-order valence-electron chi connectivity index (χ2n) is 9.27. The molecule has 1 N–H and O–H groups in total. The second-order valence-corrected chi connectivity index (χ2v) is 10.6. The average Bonchev–Trinajstić information content (AvgIpc) is 3.31. The molecule has 4 rings (SSSR count). The average molecular weight is 514 g/mol. The van der Waals surface area contributed by atoms with E-state index in [2.05, 4.69) is 20.4 Å². The lowest BCUT2D eigenvalue weighted by atomic mass is 9.94. The second kappa shape index (κ2) is 10.7. The Kier molecular flexibility index (Phi) is 7.66. The Hall–Kier alpha value is -3.04. The van der Waals surface area contributed by atoms with Crippen LogP contribution < -0.4 is 10.2 Å². The van der Waals surface area contributed by atoms with Crippen molar-refractivity contribution in [3.05, 3.63) is 53.6 Å². The van der Waals surface area contributed by atoms with E-state index in [1.807, 2.05) is 62.1 Å². The third kappa shape index (κ3) is 6.35. The number of hydrogen-bond acceptors (Lipinski definition) is 7. The van der Waals surface area contributed by atoms with Crippen molar-refractivity contribution in [2.75, 3.05) is 42.1 Å². The zero-order valence-corrected chi connectivity index (χ0v) is 21.5. The van der Waals surface area contributed by atoms with Gasteiger partial charge < -0.3 is 19.5 Å². The smallest absolute Gasteiger partial charge is 0.277 e. The lowest BCUT2D eigenvalue weighted by Crippen LogP contribution is -2.51. The van der Waals surface area contributed by atoms with Gasteiger partial charge >= 0.3 is 0 Å². The summed E-state index contributed by atoms with van der Waals surface area (Å²) >= 11 is 7.33. The molecule has 2 amide bonds. The summed E-state index contributed by atoms with van der Waals surface area (Å²) < 4.78 is 5.62. The number of benzene rings is 2. The van der Waals surface area contributed by atoms with E-state index in [9.17, 15) is 9.59 Å². The number of hydrogen-bond donors (Lipinski definition) is 1. The SMILES string of the molecule is CC(C)(C)C(=O)N1CCN(c2ccc(NC(=O)CSc3nnc(-c4ccccc4Cl)o3)cc2)CC1. The van der Waals surface area contributed by atoms with Crippen molar-refractivity contribution in [2.45, 2.75) is 26.0 Å². The van der Waals surface area contributed by atoms with Crippen LogP contribution in [0, 0.1) is 5.41 Å². The molecule has 1 aromatic heterocycles. The van der Waals surface area contributed by atoms with Gasteiger partial charge in [0.25, 0.3) is 5.22 Å². The van der Waals surface area contributed by atoms with Crippen LogP contribution in [0.15, 0.2) is 58.2 Å². The van der Waals surface area contributed by atoms with Crippen molar-refractivity contribution in [3.8, 4) is 11.5 Å². The molecule has 0 saturated carbocycles. The number of halogens is 1. The minimum Gasteiger partial charge on any atom is -0.411 e. The first-order valence-electron chi connectivity index (χ1n) is 11.4. The Morgan fingerprint density at radius 1 is 1.03 bits per heavy atom. The van der Waals surface area contributed by atoms with E-state index in [1.165, 1.54) is 0 Å². The highest BCUT2D eigenvalue weighted by Gasteiger charge is 2.29. The number of carbonyl (C=O) groups is 2. The molecule has 0 atom stereocenters. The van der Waals surface area contributed by atoms with Crippen molar-refractivity contribution in [3.63, 3.8) is 0 Å². The summed E-state index contributed by atoms with van der Waals surface area (Å²) in [6.07, 6.45) is 0. The number of anilines is 2. The third-order valence-corrected chi connectivity index (χ3v) is 6.71. The first-order valence-corrected chi connectivity index (χ1v) is 12.7. The van der Waals surface area contributed by atoms with E-state index in [4.69, 9.17) is 16.0 Å². The van der Waals surface area contributed by atoms with Crippen LogP contribution in [0.2, 0.25) is 5.02 Å². The van der Waals surface area contributed by atoms with E-state index in [0.717, 1.165) is 30.5 Å². The fraction of sp³-hybridized carbons (Fsp3) is 0.360. The number of aromatic nitrogens is 2. The van der Waals surface area contributed by atoms with Gasteiger partial charge in [-0.3, -0.25) is 9.59 Å². The van der Waals surface area contributed by atoms with Gasteiger partial charge in [0.1, 0.15) is 0 Å². The molecule has 1 aliphatic heterocycles. The number of nitrogens with one attached hydrogen (secondary N) is 1. The molecule has 184 valence electrons. The molecule has 10 heteroatoms. The minimum atomic E-state index is -0.359. The highest BCUT2D eigenvalue weighted by molar-refractivity contribution is 7.99. The Labute approximate surface area is 214 Å². The summed E-state index contributed by atoms with van der Waals surface area (Å²) in [7, 11) is 0. The quantitative estimate of drug-likeness (QED) is 0.472. The zero-order chi connectivity index (χ0) is 25.0. The molecule has 0 radical (unpaired) electrons. The van der Waals surface area contributed by atoms with E-state index in [-0.39, 0.29) is 23.0 Å². The Morgan fingerprint density at radius 3 is 2.37 bits per heavy atom. The van der Waals surface area contributed by atoms with E-state index >= 15 is 0 Å². The summed E-state index contributed by atoms with van der Waals surface area (Å²) in [6, 6.07) is 14.9. The molecular weight excluding hydrogens is 486 g/mol. The van der Waals surface area contributed by atoms with Gasteiger partial charge in [-0.2, -0.15) is 0 Å². The van der Waals surface area contributed by atoms with E-state index in [0.29, 0.717) is 40.5 Å². The molecule has 0 aliphatic carbocycles. The molecular formula is C25H28ClN5O3S. The highest BCUT2D eigenvalue weighted by atomic mass is 35.5. The monoisotopic (exact) mass is 513 g/mol. The maximum absolute atomic E-state index is 12.5. The fourth-order valence-corrected chi connectivity index (χ4v) is 4.51. The molecule has 8 nitrogen and oxygen atoms in total. The van der Waals surface area contributed by atoms with Gasteiger partial charge in [-0.25, -0.2) is 0 Å². The number of carbonyl (C=O) groups excluding carboxylic acids is 2. The summed E-state index contributed by atoms with van der Waals surface area (Å²) in [4.78, 5) is 29.1. The molecule has 1 fully saturated rings. The molecule has 0 bridgehead atoms. The van der Waals surface area contributed by atoms with Gasteiger partial charge in [0, 0.05) is 43.0 Å². The maximum atomic E-state index is 12.5. The Balaban J connectivity index is 1.25. The van der Waals surface area contributed by atoms with Crippen LogP contribution in [0.1, 0.15) is 20.8 Å². The van der Waals surface area contributed by atoms with Crippen LogP contribution in [-0.4, -0.2) is 58.8 Å². The number of thioether (sulfide) groups is 1. The van der Waals surface area contributed by atoms with Crippen molar-refractivity contribution in [2.24, 2.45) is 5.41 Å². The lowest BCUT2D eigenvalue weighted by molar-refractivity contribution is -0.139. The van der Waals surface area contributed by atoms with Crippen LogP contribution in [0.25, 0.3) is 11.5 Å².